The predicted molar refractivity (Wildman–Crippen MR) is 61.7 cm³/mol. The standard InChI is InChI=1S/C12H17F4NO3/c1-2-3-11(10(19)20)4-6-17(7-5-11)9(18)12(15,16)8(13)14/h8H,2-7H2,1H3,(H,19,20). The Hall–Kier alpha value is -1.34. The van der Waals surface area contributed by atoms with Gasteiger partial charge in [0.05, 0.1) is 5.41 Å². The SMILES string of the molecule is CCCC1(C(=O)O)CCN(C(=O)C(F)(F)C(F)F)CC1. The van der Waals surface area contributed by atoms with Gasteiger partial charge in [0.2, 0.25) is 0 Å². The Morgan fingerprint density at radius 1 is 1.30 bits per heavy atom. The summed E-state index contributed by atoms with van der Waals surface area (Å²) < 4.78 is 50.2. The van der Waals surface area contributed by atoms with Crippen LogP contribution in [0.3, 0.4) is 0 Å². The fourth-order valence-corrected chi connectivity index (χ4v) is 2.49. The molecule has 0 unspecified atom stereocenters. The molecule has 1 aliphatic heterocycles. The van der Waals surface area contributed by atoms with Crippen LogP contribution in [0.1, 0.15) is 32.6 Å². The summed E-state index contributed by atoms with van der Waals surface area (Å²) in [5, 5.41) is 9.22. The number of carboxylic acids is 1. The normalized spacial score (nSPS) is 19.2. The Bertz CT molecular complexity index is 379. The van der Waals surface area contributed by atoms with E-state index >= 15 is 0 Å². The van der Waals surface area contributed by atoms with Gasteiger partial charge in [-0.05, 0) is 19.3 Å². The molecule has 1 amide bonds. The van der Waals surface area contributed by atoms with Gasteiger partial charge in [-0.2, -0.15) is 8.78 Å². The molecule has 0 bridgehead atoms. The number of amides is 1. The summed E-state index contributed by atoms with van der Waals surface area (Å²) in [4.78, 5) is 23.3. The first-order valence-electron chi connectivity index (χ1n) is 6.36. The fourth-order valence-electron chi connectivity index (χ4n) is 2.49. The second kappa shape index (κ2) is 5.97. The maximum atomic E-state index is 13.0. The molecule has 1 N–H and O–H groups in total. The molecule has 0 radical (unpaired) electrons. The van der Waals surface area contributed by atoms with Crippen molar-refractivity contribution in [1.29, 1.82) is 0 Å². The molecule has 0 spiro atoms. The number of aliphatic carboxylic acids is 1. The number of hydrogen-bond donors (Lipinski definition) is 1. The Kier molecular flexibility index (Phi) is 4.99. The van der Waals surface area contributed by atoms with Crippen LogP contribution in [0, 0.1) is 5.41 Å². The van der Waals surface area contributed by atoms with Gasteiger partial charge in [-0.1, -0.05) is 13.3 Å². The molecule has 116 valence electrons. The maximum absolute atomic E-state index is 13.0. The molecule has 1 aliphatic rings. The Morgan fingerprint density at radius 2 is 1.80 bits per heavy atom. The Balaban J connectivity index is 2.75. The number of carboxylic acid groups (broad SMARTS) is 1. The van der Waals surface area contributed by atoms with Gasteiger partial charge >= 0.3 is 18.3 Å². The zero-order valence-corrected chi connectivity index (χ0v) is 11.0. The summed E-state index contributed by atoms with van der Waals surface area (Å²) in [7, 11) is 0. The molecule has 0 aliphatic carbocycles. The van der Waals surface area contributed by atoms with Gasteiger partial charge in [0.15, 0.2) is 0 Å². The van der Waals surface area contributed by atoms with Crippen molar-refractivity contribution in [3.05, 3.63) is 0 Å². The lowest BCUT2D eigenvalue weighted by molar-refractivity contribution is -0.184. The molecule has 0 saturated carbocycles. The largest absolute Gasteiger partial charge is 0.481 e. The summed E-state index contributed by atoms with van der Waals surface area (Å²) >= 11 is 0. The highest BCUT2D eigenvalue weighted by Gasteiger charge is 2.53. The Labute approximate surface area is 113 Å². The molecule has 0 aromatic carbocycles. The lowest BCUT2D eigenvalue weighted by Crippen LogP contribution is -2.53. The van der Waals surface area contributed by atoms with Crippen LogP contribution in [0.25, 0.3) is 0 Å². The van der Waals surface area contributed by atoms with Crippen LogP contribution in [0.15, 0.2) is 0 Å². The number of piperidine rings is 1. The van der Waals surface area contributed by atoms with E-state index in [0.29, 0.717) is 17.7 Å². The van der Waals surface area contributed by atoms with Crippen molar-refractivity contribution in [2.75, 3.05) is 13.1 Å². The fraction of sp³-hybridized carbons (Fsp3) is 0.833. The molecule has 0 aromatic heterocycles. The number of rotatable bonds is 5. The van der Waals surface area contributed by atoms with Crippen LogP contribution in [-0.4, -0.2) is 47.3 Å². The number of halogens is 4. The topological polar surface area (TPSA) is 57.6 Å². The number of nitrogens with zero attached hydrogens (tertiary/aromatic N) is 1. The molecule has 1 saturated heterocycles. The van der Waals surface area contributed by atoms with E-state index < -0.39 is 29.6 Å². The quantitative estimate of drug-likeness (QED) is 0.793. The van der Waals surface area contributed by atoms with Crippen molar-refractivity contribution in [2.45, 2.75) is 45.0 Å². The van der Waals surface area contributed by atoms with Gasteiger partial charge in [-0.15, -0.1) is 0 Å². The molecule has 1 rings (SSSR count). The van der Waals surface area contributed by atoms with Crippen molar-refractivity contribution in [3.63, 3.8) is 0 Å². The van der Waals surface area contributed by atoms with Crippen LogP contribution in [0.2, 0.25) is 0 Å². The van der Waals surface area contributed by atoms with Crippen LogP contribution in [0.4, 0.5) is 17.6 Å². The first kappa shape index (κ1) is 16.7. The van der Waals surface area contributed by atoms with Gasteiger partial charge in [0.25, 0.3) is 5.91 Å². The van der Waals surface area contributed by atoms with Gasteiger partial charge < -0.3 is 10.0 Å². The number of alkyl halides is 4. The van der Waals surface area contributed by atoms with Gasteiger partial charge in [0, 0.05) is 13.1 Å². The second-order valence-corrected chi connectivity index (χ2v) is 5.05. The van der Waals surface area contributed by atoms with E-state index in [1.165, 1.54) is 0 Å². The monoisotopic (exact) mass is 299 g/mol. The number of carbonyl (C=O) groups excluding carboxylic acids is 1. The van der Waals surface area contributed by atoms with E-state index in [4.69, 9.17) is 0 Å². The van der Waals surface area contributed by atoms with Crippen molar-refractivity contribution < 1.29 is 32.3 Å². The van der Waals surface area contributed by atoms with Gasteiger partial charge in [0.1, 0.15) is 0 Å². The minimum atomic E-state index is -4.71. The van der Waals surface area contributed by atoms with Crippen LogP contribution < -0.4 is 0 Å². The molecule has 0 atom stereocenters. The third-order valence-electron chi connectivity index (χ3n) is 3.75. The molecule has 4 nitrogen and oxygen atoms in total. The molecule has 1 heterocycles. The summed E-state index contributed by atoms with van der Waals surface area (Å²) in [5.74, 6) is -7.68. The third kappa shape index (κ3) is 3.04. The summed E-state index contributed by atoms with van der Waals surface area (Å²) in [6.07, 6.45) is -3.08. The molecular weight excluding hydrogens is 282 g/mol. The van der Waals surface area contributed by atoms with Gasteiger partial charge in [-0.25, -0.2) is 8.78 Å². The highest BCUT2D eigenvalue weighted by atomic mass is 19.3. The van der Waals surface area contributed by atoms with E-state index in [9.17, 15) is 32.3 Å². The van der Waals surface area contributed by atoms with Crippen LogP contribution in [0.5, 0.6) is 0 Å². The minimum absolute atomic E-state index is 0.00122. The van der Waals surface area contributed by atoms with E-state index in [0.717, 1.165) is 0 Å². The third-order valence-corrected chi connectivity index (χ3v) is 3.75. The first-order chi connectivity index (χ1) is 9.17. The highest BCUT2D eigenvalue weighted by Crippen LogP contribution is 2.38. The van der Waals surface area contributed by atoms with Crippen molar-refractivity contribution in [1.82, 2.24) is 4.90 Å². The minimum Gasteiger partial charge on any atom is -0.481 e. The molecule has 20 heavy (non-hydrogen) atoms. The Morgan fingerprint density at radius 3 is 2.15 bits per heavy atom. The number of likely N-dealkylation sites (tertiary alicyclic amines) is 1. The molecule has 1 fully saturated rings. The summed E-state index contributed by atoms with van der Waals surface area (Å²) in [6.45, 7) is 1.31. The highest BCUT2D eigenvalue weighted by molar-refractivity contribution is 5.84. The first-order valence-corrected chi connectivity index (χ1v) is 6.36. The van der Waals surface area contributed by atoms with Crippen LogP contribution in [-0.2, 0) is 9.59 Å². The average Bonchev–Trinajstić information content (AvgIpc) is 2.38. The average molecular weight is 299 g/mol. The number of carbonyl (C=O) groups is 2. The zero-order chi connectivity index (χ0) is 15.6. The molecule has 8 heteroatoms. The lowest BCUT2D eigenvalue weighted by Gasteiger charge is -2.39. The van der Waals surface area contributed by atoms with Gasteiger partial charge in [-0.3, -0.25) is 9.59 Å². The predicted octanol–water partition coefficient (Wildman–Crippen LogP) is 2.38. The van der Waals surface area contributed by atoms with Crippen molar-refractivity contribution in [3.8, 4) is 0 Å². The number of hydrogen-bond acceptors (Lipinski definition) is 2. The molecule has 0 aromatic rings. The smallest absolute Gasteiger partial charge is 0.383 e. The van der Waals surface area contributed by atoms with E-state index in [2.05, 4.69) is 0 Å². The molecular formula is C12H17F4NO3. The van der Waals surface area contributed by atoms with E-state index in [1.54, 1.807) is 6.92 Å². The second-order valence-electron chi connectivity index (χ2n) is 5.05. The maximum Gasteiger partial charge on any atom is 0.383 e. The van der Waals surface area contributed by atoms with Crippen molar-refractivity contribution in [2.24, 2.45) is 5.41 Å². The zero-order valence-electron chi connectivity index (χ0n) is 11.0. The van der Waals surface area contributed by atoms with E-state index in [-0.39, 0.29) is 25.9 Å². The summed E-state index contributed by atoms with van der Waals surface area (Å²) in [5.41, 5.74) is -1.05. The van der Waals surface area contributed by atoms with E-state index in [1.807, 2.05) is 0 Å². The van der Waals surface area contributed by atoms with Crippen LogP contribution >= 0.6 is 0 Å². The lowest BCUT2D eigenvalue weighted by atomic mass is 9.75. The van der Waals surface area contributed by atoms with Crippen molar-refractivity contribution >= 4 is 11.9 Å². The summed E-state index contributed by atoms with van der Waals surface area (Å²) in [6, 6.07) is 0.